The summed E-state index contributed by atoms with van der Waals surface area (Å²) in [5.41, 5.74) is 10.1. The smallest absolute Gasteiger partial charge is 0.0663 e. The van der Waals surface area contributed by atoms with E-state index in [0.717, 1.165) is 22.6 Å². The summed E-state index contributed by atoms with van der Waals surface area (Å²) in [6.07, 6.45) is 0. The lowest BCUT2D eigenvalue weighted by atomic mass is 10.1. The lowest BCUT2D eigenvalue weighted by Gasteiger charge is -2.29. The molecule has 1 rings (SSSR count). The Labute approximate surface area is 104 Å². The minimum Gasteiger partial charge on any atom is -0.383 e. The van der Waals surface area contributed by atoms with Gasteiger partial charge in [0.15, 0.2) is 0 Å². The highest BCUT2D eigenvalue weighted by Gasteiger charge is 2.15. The first-order valence-corrected chi connectivity index (χ1v) is 5.90. The second kappa shape index (κ2) is 5.98. The minimum atomic E-state index is 0.312. The van der Waals surface area contributed by atoms with Crippen LogP contribution in [0.3, 0.4) is 0 Å². The summed E-state index contributed by atoms with van der Waals surface area (Å²) in [5, 5.41) is 0. The molecule has 1 aromatic rings. The Bertz CT molecular complexity index is 379. The molecule has 0 spiro atoms. The van der Waals surface area contributed by atoms with E-state index in [2.05, 4.69) is 29.9 Å². The Hall–Kier alpha value is -1.13. The first kappa shape index (κ1) is 13.9. The summed E-state index contributed by atoms with van der Waals surface area (Å²) in [7, 11) is 3.79. The van der Waals surface area contributed by atoms with Crippen LogP contribution in [0.4, 0.5) is 5.69 Å². The SMILES string of the molecule is COCC(C)N(C)c1cc(C)nc(C)c1CN. The Balaban J connectivity index is 3.11. The average Bonchev–Trinajstić information content (AvgIpc) is 2.27. The summed E-state index contributed by atoms with van der Waals surface area (Å²) in [6, 6.07) is 2.40. The molecule has 17 heavy (non-hydrogen) atoms. The predicted octanol–water partition coefficient (Wildman–Crippen LogP) is 1.63. The van der Waals surface area contributed by atoms with Crippen LogP contribution in [-0.4, -0.2) is 31.8 Å². The molecule has 0 aliphatic rings. The molecule has 4 nitrogen and oxygen atoms in total. The van der Waals surface area contributed by atoms with Gasteiger partial charge in [-0.1, -0.05) is 0 Å². The molecule has 0 aliphatic carbocycles. The summed E-state index contributed by atoms with van der Waals surface area (Å²) >= 11 is 0. The normalized spacial score (nSPS) is 12.6. The zero-order valence-corrected chi connectivity index (χ0v) is 11.4. The Morgan fingerprint density at radius 2 is 2.12 bits per heavy atom. The number of ether oxygens (including phenoxy) is 1. The molecule has 0 fully saturated rings. The van der Waals surface area contributed by atoms with Crippen molar-refractivity contribution in [3.8, 4) is 0 Å². The van der Waals surface area contributed by atoms with Crippen LogP contribution in [0, 0.1) is 13.8 Å². The number of hydrogen-bond donors (Lipinski definition) is 1. The van der Waals surface area contributed by atoms with E-state index in [0.29, 0.717) is 19.2 Å². The first-order chi connectivity index (χ1) is 8.01. The molecule has 96 valence electrons. The van der Waals surface area contributed by atoms with Gasteiger partial charge < -0.3 is 15.4 Å². The van der Waals surface area contributed by atoms with Gasteiger partial charge in [-0.05, 0) is 26.8 Å². The van der Waals surface area contributed by atoms with Crippen LogP contribution < -0.4 is 10.6 Å². The Morgan fingerprint density at radius 1 is 1.47 bits per heavy atom. The van der Waals surface area contributed by atoms with Gasteiger partial charge in [0.1, 0.15) is 0 Å². The van der Waals surface area contributed by atoms with Gasteiger partial charge in [-0.15, -0.1) is 0 Å². The van der Waals surface area contributed by atoms with Crippen molar-refractivity contribution in [1.82, 2.24) is 4.98 Å². The summed E-state index contributed by atoms with van der Waals surface area (Å²) in [4.78, 5) is 6.66. The minimum absolute atomic E-state index is 0.312. The Kier molecular flexibility index (Phi) is 4.90. The van der Waals surface area contributed by atoms with E-state index in [9.17, 15) is 0 Å². The van der Waals surface area contributed by atoms with Crippen LogP contribution in [0.5, 0.6) is 0 Å². The molecular weight excluding hydrogens is 214 g/mol. The highest BCUT2D eigenvalue weighted by Crippen LogP contribution is 2.24. The van der Waals surface area contributed by atoms with Crippen LogP contribution >= 0.6 is 0 Å². The van der Waals surface area contributed by atoms with E-state index in [1.54, 1.807) is 7.11 Å². The first-order valence-electron chi connectivity index (χ1n) is 5.90. The van der Waals surface area contributed by atoms with Crippen molar-refractivity contribution in [3.05, 3.63) is 23.0 Å². The van der Waals surface area contributed by atoms with Crippen molar-refractivity contribution in [2.24, 2.45) is 5.73 Å². The van der Waals surface area contributed by atoms with Crippen LogP contribution in [0.15, 0.2) is 6.07 Å². The zero-order chi connectivity index (χ0) is 13.0. The molecule has 2 N–H and O–H groups in total. The quantitative estimate of drug-likeness (QED) is 0.845. The van der Waals surface area contributed by atoms with Gasteiger partial charge in [0.2, 0.25) is 0 Å². The number of nitrogens with zero attached hydrogens (tertiary/aromatic N) is 2. The number of methoxy groups -OCH3 is 1. The second-order valence-corrected chi connectivity index (χ2v) is 4.47. The van der Waals surface area contributed by atoms with Gasteiger partial charge in [0.25, 0.3) is 0 Å². The van der Waals surface area contributed by atoms with Gasteiger partial charge in [-0.3, -0.25) is 4.98 Å². The van der Waals surface area contributed by atoms with Gasteiger partial charge in [-0.2, -0.15) is 0 Å². The highest BCUT2D eigenvalue weighted by molar-refractivity contribution is 5.56. The number of aromatic nitrogens is 1. The van der Waals surface area contributed by atoms with Crippen molar-refractivity contribution in [1.29, 1.82) is 0 Å². The maximum absolute atomic E-state index is 5.82. The fraction of sp³-hybridized carbons (Fsp3) is 0.615. The highest BCUT2D eigenvalue weighted by atomic mass is 16.5. The number of nitrogens with two attached hydrogens (primary N) is 1. The number of anilines is 1. The summed E-state index contributed by atoms with van der Waals surface area (Å²) in [6.45, 7) is 7.35. The van der Waals surface area contributed by atoms with Crippen LogP contribution in [0.1, 0.15) is 23.9 Å². The van der Waals surface area contributed by atoms with Crippen molar-refractivity contribution in [2.75, 3.05) is 25.7 Å². The van der Waals surface area contributed by atoms with Crippen LogP contribution in [0.25, 0.3) is 0 Å². The van der Waals surface area contributed by atoms with E-state index in [1.165, 1.54) is 0 Å². The van der Waals surface area contributed by atoms with E-state index < -0.39 is 0 Å². The molecule has 0 amide bonds. The second-order valence-electron chi connectivity index (χ2n) is 4.47. The summed E-state index contributed by atoms with van der Waals surface area (Å²) < 4.78 is 5.19. The molecule has 1 aromatic heterocycles. The van der Waals surface area contributed by atoms with Crippen molar-refractivity contribution in [2.45, 2.75) is 33.4 Å². The average molecular weight is 237 g/mol. The topological polar surface area (TPSA) is 51.4 Å². The number of hydrogen-bond acceptors (Lipinski definition) is 4. The van der Waals surface area contributed by atoms with Crippen molar-refractivity contribution >= 4 is 5.69 Å². The zero-order valence-electron chi connectivity index (χ0n) is 11.4. The molecule has 4 heteroatoms. The molecule has 1 atom stereocenters. The molecule has 0 saturated heterocycles. The fourth-order valence-electron chi connectivity index (χ4n) is 1.99. The van der Waals surface area contributed by atoms with Crippen LogP contribution in [-0.2, 0) is 11.3 Å². The molecule has 0 aliphatic heterocycles. The Morgan fingerprint density at radius 3 is 2.65 bits per heavy atom. The molecule has 0 saturated carbocycles. The van der Waals surface area contributed by atoms with E-state index in [4.69, 9.17) is 10.5 Å². The third-order valence-electron chi connectivity index (χ3n) is 3.09. The van der Waals surface area contributed by atoms with Gasteiger partial charge >= 0.3 is 0 Å². The maximum atomic E-state index is 5.82. The number of pyridine rings is 1. The van der Waals surface area contributed by atoms with Gasteiger partial charge in [0, 0.05) is 49.4 Å². The molecule has 1 unspecified atom stereocenters. The number of rotatable bonds is 5. The standard InChI is InChI=1S/C13H23N3O/c1-9-6-13(12(7-14)11(3)15-9)16(4)10(2)8-17-5/h6,10H,7-8,14H2,1-5H3. The van der Waals surface area contributed by atoms with Gasteiger partial charge in [-0.25, -0.2) is 0 Å². The summed E-state index contributed by atoms with van der Waals surface area (Å²) in [5.74, 6) is 0. The maximum Gasteiger partial charge on any atom is 0.0663 e. The molecule has 0 radical (unpaired) electrons. The molecule has 0 aromatic carbocycles. The predicted molar refractivity (Wildman–Crippen MR) is 71.3 cm³/mol. The van der Waals surface area contributed by atoms with Gasteiger partial charge in [0.05, 0.1) is 6.61 Å². The van der Waals surface area contributed by atoms with E-state index in [1.807, 2.05) is 13.8 Å². The fourth-order valence-corrected chi connectivity index (χ4v) is 1.99. The monoisotopic (exact) mass is 237 g/mol. The third kappa shape index (κ3) is 3.17. The van der Waals surface area contributed by atoms with E-state index >= 15 is 0 Å². The third-order valence-corrected chi connectivity index (χ3v) is 3.09. The number of aryl methyl sites for hydroxylation is 2. The molecular formula is C13H23N3O. The van der Waals surface area contributed by atoms with E-state index in [-0.39, 0.29) is 0 Å². The molecule has 0 bridgehead atoms. The molecule has 1 heterocycles. The largest absolute Gasteiger partial charge is 0.383 e. The lowest BCUT2D eigenvalue weighted by Crippen LogP contribution is -2.33. The van der Waals surface area contributed by atoms with Crippen molar-refractivity contribution < 1.29 is 4.74 Å². The van der Waals surface area contributed by atoms with Crippen LogP contribution in [0.2, 0.25) is 0 Å². The number of likely N-dealkylation sites (N-methyl/N-ethyl adjacent to an activating group) is 1. The lowest BCUT2D eigenvalue weighted by molar-refractivity contribution is 0.183. The van der Waals surface area contributed by atoms with Crippen molar-refractivity contribution in [3.63, 3.8) is 0 Å².